The first kappa shape index (κ1) is 17.4. The van der Waals surface area contributed by atoms with Crippen LogP contribution in [0.25, 0.3) is 0 Å². The maximum Gasteiger partial charge on any atom is 0.230 e. The summed E-state index contributed by atoms with van der Waals surface area (Å²) >= 11 is 0. The van der Waals surface area contributed by atoms with Crippen molar-refractivity contribution in [3.8, 4) is 0 Å². The SMILES string of the molecule is Cc1cnc(N(C)C2CCCN(Cc3nnc(C4CCOC4)o3)C2)nc1. The summed E-state index contributed by atoms with van der Waals surface area (Å²) in [5, 5.41) is 8.46. The minimum atomic E-state index is 0.259. The quantitative estimate of drug-likeness (QED) is 0.800. The molecule has 2 saturated heterocycles. The van der Waals surface area contributed by atoms with E-state index in [9.17, 15) is 0 Å². The molecule has 0 aliphatic carbocycles. The van der Waals surface area contributed by atoms with E-state index in [2.05, 4.69) is 37.0 Å². The number of hydrogen-bond donors (Lipinski definition) is 0. The molecule has 0 saturated carbocycles. The highest BCUT2D eigenvalue weighted by Crippen LogP contribution is 2.25. The fraction of sp³-hybridized carbons (Fsp3) is 0.667. The molecule has 0 amide bonds. The minimum absolute atomic E-state index is 0.259. The summed E-state index contributed by atoms with van der Waals surface area (Å²) < 4.78 is 11.3. The molecule has 2 fully saturated rings. The fourth-order valence-corrected chi connectivity index (χ4v) is 3.64. The van der Waals surface area contributed by atoms with Gasteiger partial charge in [0.25, 0.3) is 0 Å². The van der Waals surface area contributed by atoms with E-state index < -0.39 is 0 Å². The molecular formula is C18H26N6O2. The van der Waals surface area contributed by atoms with Gasteiger partial charge >= 0.3 is 0 Å². The van der Waals surface area contributed by atoms with E-state index in [1.807, 2.05) is 19.3 Å². The molecule has 4 heterocycles. The zero-order valence-electron chi connectivity index (χ0n) is 15.5. The Balaban J connectivity index is 1.36. The second kappa shape index (κ2) is 7.67. The van der Waals surface area contributed by atoms with Crippen LogP contribution >= 0.6 is 0 Å². The van der Waals surface area contributed by atoms with Gasteiger partial charge in [-0.05, 0) is 38.3 Å². The third-order valence-electron chi connectivity index (χ3n) is 5.23. The third-order valence-corrected chi connectivity index (χ3v) is 5.23. The van der Waals surface area contributed by atoms with E-state index in [-0.39, 0.29) is 5.92 Å². The summed E-state index contributed by atoms with van der Waals surface area (Å²) in [6.07, 6.45) is 6.98. The van der Waals surface area contributed by atoms with Crippen LogP contribution in [0, 0.1) is 6.92 Å². The molecule has 2 aliphatic heterocycles. The monoisotopic (exact) mass is 358 g/mol. The average Bonchev–Trinajstić information content (AvgIpc) is 3.34. The van der Waals surface area contributed by atoms with Crippen LogP contribution < -0.4 is 4.90 Å². The molecule has 0 aromatic carbocycles. The van der Waals surface area contributed by atoms with E-state index in [0.29, 0.717) is 25.1 Å². The van der Waals surface area contributed by atoms with Gasteiger partial charge in [-0.1, -0.05) is 0 Å². The number of anilines is 1. The molecule has 0 bridgehead atoms. The smallest absolute Gasteiger partial charge is 0.230 e. The Labute approximate surface area is 153 Å². The van der Waals surface area contributed by atoms with Crippen molar-refractivity contribution in [1.29, 1.82) is 0 Å². The molecule has 8 heteroatoms. The van der Waals surface area contributed by atoms with Crippen molar-refractivity contribution in [2.75, 3.05) is 38.3 Å². The number of nitrogens with zero attached hydrogens (tertiary/aromatic N) is 6. The second-order valence-corrected chi connectivity index (χ2v) is 7.30. The van der Waals surface area contributed by atoms with Gasteiger partial charge in [0.05, 0.1) is 19.1 Å². The van der Waals surface area contributed by atoms with Gasteiger partial charge in [0.2, 0.25) is 17.7 Å². The van der Waals surface area contributed by atoms with Crippen LogP contribution in [0.15, 0.2) is 16.8 Å². The normalized spacial score (nSPS) is 24.1. The molecule has 2 aromatic rings. The van der Waals surface area contributed by atoms with Crippen LogP contribution in [-0.4, -0.2) is 64.5 Å². The molecule has 2 aliphatic rings. The lowest BCUT2D eigenvalue weighted by atomic mass is 10.0. The first-order chi connectivity index (χ1) is 12.7. The van der Waals surface area contributed by atoms with E-state index in [1.54, 1.807) is 0 Å². The molecule has 0 N–H and O–H groups in total. The first-order valence-corrected chi connectivity index (χ1v) is 9.33. The van der Waals surface area contributed by atoms with Crippen molar-refractivity contribution >= 4 is 5.95 Å². The molecule has 2 atom stereocenters. The Bertz CT molecular complexity index is 713. The number of piperidine rings is 1. The maximum absolute atomic E-state index is 5.88. The highest BCUT2D eigenvalue weighted by molar-refractivity contribution is 5.30. The molecular weight excluding hydrogens is 332 g/mol. The van der Waals surface area contributed by atoms with Crippen LogP contribution in [0.5, 0.6) is 0 Å². The van der Waals surface area contributed by atoms with Gasteiger partial charge in [-0.2, -0.15) is 0 Å². The van der Waals surface area contributed by atoms with Gasteiger partial charge in [0.15, 0.2) is 0 Å². The zero-order valence-corrected chi connectivity index (χ0v) is 15.5. The van der Waals surface area contributed by atoms with Gasteiger partial charge in [-0.25, -0.2) is 9.97 Å². The molecule has 2 aromatic heterocycles. The maximum atomic E-state index is 5.88. The number of likely N-dealkylation sites (tertiary alicyclic amines) is 1. The van der Waals surface area contributed by atoms with Gasteiger partial charge in [-0.3, -0.25) is 4.90 Å². The standard InChI is InChI=1S/C18H26N6O2/c1-13-8-19-18(20-9-13)23(2)15-4-3-6-24(10-15)11-16-21-22-17(26-16)14-5-7-25-12-14/h8-9,14-15H,3-7,10-12H2,1-2H3. The Morgan fingerprint density at radius 3 is 2.85 bits per heavy atom. The van der Waals surface area contributed by atoms with Crippen molar-refractivity contribution in [1.82, 2.24) is 25.1 Å². The topological polar surface area (TPSA) is 80.4 Å². The Morgan fingerprint density at radius 1 is 1.23 bits per heavy atom. The lowest BCUT2D eigenvalue weighted by Gasteiger charge is -2.37. The van der Waals surface area contributed by atoms with Crippen LogP contribution in [-0.2, 0) is 11.3 Å². The summed E-state index contributed by atoms with van der Waals surface area (Å²) in [5.41, 5.74) is 1.08. The van der Waals surface area contributed by atoms with Gasteiger partial charge < -0.3 is 14.1 Å². The predicted molar refractivity (Wildman–Crippen MR) is 95.9 cm³/mol. The number of hydrogen-bond acceptors (Lipinski definition) is 8. The third kappa shape index (κ3) is 3.86. The molecule has 26 heavy (non-hydrogen) atoms. The Morgan fingerprint density at radius 2 is 2.08 bits per heavy atom. The Kier molecular flexibility index (Phi) is 5.12. The second-order valence-electron chi connectivity index (χ2n) is 7.30. The van der Waals surface area contributed by atoms with Crippen molar-refractivity contribution in [3.63, 3.8) is 0 Å². The van der Waals surface area contributed by atoms with E-state index in [0.717, 1.165) is 56.4 Å². The van der Waals surface area contributed by atoms with Gasteiger partial charge in [-0.15, -0.1) is 10.2 Å². The van der Waals surface area contributed by atoms with Crippen LogP contribution in [0.3, 0.4) is 0 Å². The van der Waals surface area contributed by atoms with Crippen molar-refractivity contribution in [2.24, 2.45) is 0 Å². The number of ether oxygens (including phenoxy) is 1. The van der Waals surface area contributed by atoms with E-state index in [1.165, 1.54) is 0 Å². The molecule has 0 spiro atoms. The summed E-state index contributed by atoms with van der Waals surface area (Å²) in [7, 11) is 2.07. The Hall–Kier alpha value is -2.06. The van der Waals surface area contributed by atoms with E-state index in [4.69, 9.17) is 9.15 Å². The summed E-state index contributed by atoms with van der Waals surface area (Å²) in [4.78, 5) is 13.5. The molecule has 0 radical (unpaired) electrons. The fourth-order valence-electron chi connectivity index (χ4n) is 3.64. The largest absolute Gasteiger partial charge is 0.423 e. The molecule has 4 rings (SSSR count). The number of aryl methyl sites for hydroxylation is 1. The van der Waals surface area contributed by atoms with Gasteiger partial charge in [0.1, 0.15) is 0 Å². The number of aromatic nitrogens is 4. The average molecular weight is 358 g/mol. The number of rotatable bonds is 5. The van der Waals surface area contributed by atoms with Crippen molar-refractivity contribution < 1.29 is 9.15 Å². The molecule has 140 valence electrons. The summed E-state index contributed by atoms with van der Waals surface area (Å²) in [6.45, 7) is 6.15. The molecule has 2 unspecified atom stereocenters. The van der Waals surface area contributed by atoms with Crippen molar-refractivity contribution in [3.05, 3.63) is 29.7 Å². The predicted octanol–water partition coefficient (Wildman–Crippen LogP) is 1.77. The lowest BCUT2D eigenvalue weighted by molar-refractivity contribution is 0.177. The summed E-state index contributed by atoms with van der Waals surface area (Å²) in [6, 6.07) is 0.386. The van der Waals surface area contributed by atoms with Crippen LogP contribution in [0.1, 0.15) is 42.5 Å². The summed E-state index contributed by atoms with van der Waals surface area (Å²) in [5.74, 6) is 2.46. The van der Waals surface area contributed by atoms with Crippen LogP contribution in [0.4, 0.5) is 5.95 Å². The van der Waals surface area contributed by atoms with E-state index >= 15 is 0 Å². The highest BCUT2D eigenvalue weighted by Gasteiger charge is 2.27. The minimum Gasteiger partial charge on any atom is -0.423 e. The zero-order chi connectivity index (χ0) is 17.9. The highest BCUT2D eigenvalue weighted by atomic mass is 16.5. The van der Waals surface area contributed by atoms with Crippen LogP contribution in [0.2, 0.25) is 0 Å². The van der Waals surface area contributed by atoms with Gasteiger partial charge in [0, 0.05) is 38.6 Å². The number of likely N-dealkylation sites (N-methyl/N-ethyl adjacent to an activating group) is 1. The first-order valence-electron chi connectivity index (χ1n) is 9.33. The lowest BCUT2D eigenvalue weighted by Crippen LogP contribution is -2.46. The van der Waals surface area contributed by atoms with Crippen molar-refractivity contribution in [2.45, 2.75) is 44.7 Å². The molecule has 8 nitrogen and oxygen atoms in total.